The second kappa shape index (κ2) is 8.51. The first-order valence-corrected chi connectivity index (χ1v) is 10.9. The van der Waals surface area contributed by atoms with E-state index in [0.717, 1.165) is 64.8 Å². The zero-order chi connectivity index (χ0) is 22.1. The van der Waals surface area contributed by atoms with Gasteiger partial charge < -0.3 is 10.5 Å². The second-order valence-corrected chi connectivity index (χ2v) is 8.36. The third-order valence-electron chi connectivity index (χ3n) is 6.05. The number of nitrogens with two attached hydrogens (primary N) is 1. The second-order valence-electron chi connectivity index (χ2n) is 8.36. The van der Waals surface area contributed by atoms with Crippen molar-refractivity contribution in [2.24, 2.45) is 5.73 Å². The minimum atomic E-state index is -0.317. The van der Waals surface area contributed by atoms with Crippen LogP contribution in [0.25, 0.3) is 33.4 Å². The molecular formula is C25H25N5O2. The average Bonchev–Trinajstić information content (AvgIpc) is 3.30. The Morgan fingerprint density at radius 3 is 2.78 bits per heavy atom. The Labute approximate surface area is 186 Å². The third kappa shape index (κ3) is 3.99. The van der Waals surface area contributed by atoms with E-state index >= 15 is 0 Å². The van der Waals surface area contributed by atoms with E-state index in [-0.39, 0.29) is 18.1 Å². The van der Waals surface area contributed by atoms with E-state index in [1.807, 2.05) is 43.3 Å². The van der Waals surface area contributed by atoms with Crippen LogP contribution in [-0.4, -0.2) is 38.3 Å². The highest BCUT2D eigenvalue weighted by atomic mass is 16.5. The summed E-state index contributed by atoms with van der Waals surface area (Å²) in [6.07, 6.45) is 6.73. The summed E-state index contributed by atoms with van der Waals surface area (Å²) in [4.78, 5) is 22.1. The van der Waals surface area contributed by atoms with Gasteiger partial charge in [0, 0.05) is 28.9 Å². The molecule has 1 saturated carbocycles. The van der Waals surface area contributed by atoms with Gasteiger partial charge in [0.2, 0.25) is 0 Å². The van der Waals surface area contributed by atoms with Crippen molar-refractivity contribution in [3.05, 3.63) is 66.1 Å². The number of pyridine rings is 2. The molecule has 32 heavy (non-hydrogen) atoms. The molecule has 5 rings (SSSR count). The van der Waals surface area contributed by atoms with Crippen LogP contribution in [0.3, 0.4) is 0 Å². The van der Waals surface area contributed by atoms with Crippen LogP contribution in [0.4, 0.5) is 0 Å². The fourth-order valence-electron chi connectivity index (χ4n) is 4.30. The first-order chi connectivity index (χ1) is 15.6. The maximum atomic E-state index is 13.0. The highest BCUT2D eigenvalue weighted by Crippen LogP contribution is 2.32. The predicted molar refractivity (Wildman–Crippen MR) is 123 cm³/mol. The lowest BCUT2D eigenvalue weighted by Gasteiger charge is -2.26. The number of aromatic nitrogens is 4. The van der Waals surface area contributed by atoms with Crippen molar-refractivity contribution in [1.29, 1.82) is 0 Å². The molecule has 4 aromatic rings. The smallest absolute Gasteiger partial charge is 0.339 e. The fourth-order valence-corrected chi connectivity index (χ4v) is 4.30. The Bertz CT molecular complexity index is 1270. The molecule has 0 aliphatic heterocycles. The molecule has 1 fully saturated rings. The molecule has 7 heteroatoms. The van der Waals surface area contributed by atoms with Crippen molar-refractivity contribution in [2.75, 3.05) is 0 Å². The molecule has 1 aliphatic carbocycles. The summed E-state index contributed by atoms with van der Waals surface area (Å²) in [6, 6.07) is 13.7. The summed E-state index contributed by atoms with van der Waals surface area (Å²) in [5, 5.41) is 8.06. The van der Waals surface area contributed by atoms with Crippen molar-refractivity contribution < 1.29 is 9.53 Å². The van der Waals surface area contributed by atoms with Crippen molar-refractivity contribution in [3.63, 3.8) is 0 Å². The molecule has 3 heterocycles. The van der Waals surface area contributed by atoms with Crippen LogP contribution < -0.4 is 5.73 Å². The molecule has 0 spiro atoms. The Morgan fingerprint density at radius 2 is 1.97 bits per heavy atom. The summed E-state index contributed by atoms with van der Waals surface area (Å²) in [6.45, 7) is 1.96. The van der Waals surface area contributed by atoms with Gasteiger partial charge in [-0.15, -0.1) is 0 Å². The molecule has 0 bridgehead atoms. The van der Waals surface area contributed by atoms with Crippen LogP contribution in [-0.2, 0) is 4.74 Å². The number of hydrogen-bond donors (Lipinski definition) is 2. The molecule has 0 radical (unpaired) electrons. The van der Waals surface area contributed by atoms with E-state index < -0.39 is 0 Å². The topological polar surface area (TPSA) is 107 Å². The zero-order valence-corrected chi connectivity index (χ0v) is 17.9. The minimum absolute atomic E-state index is 0.0819. The molecule has 162 valence electrons. The Hall–Kier alpha value is -3.58. The van der Waals surface area contributed by atoms with E-state index in [1.54, 1.807) is 18.5 Å². The lowest BCUT2D eigenvalue weighted by atomic mass is 9.93. The van der Waals surface area contributed by atoms with Crippen molar-refractivity contribution in [3.8, 4) is 22.5 Å². The number of ether oxygens (including phenoxy) is 1. The minimum Gasteiger partial charge on any atom is -0.459 e. The van der Waals surface area contributed by atoms with Crippen LogP contribution >= 0.6 is 0 Å². The first kappa shape index (κ1) is 20.3. The number of carbonyl (C=O) groups excluding carboxylic acids is 1. The van der Waals surface area contributed by atoms with Gasteiger partial charge >= 0.3 is 5.97 Å². The number of H-pyrrole nitrogens is 1. The van der Waals surface area contributed by atoms with Gasteiger partial charge in [-0.25, -0.2) is 4.79 Å². The molecule has 0 atom stereocenters. The Morgan fingerprint density at radius 1 is 1.12 bits per heavy atom. The Balaban J connectivity index is 1.50. The van der Waals surface area contributed by atoms with Gasteiger partial charge in [-0.05, 0) is 68.5 Å². The SMILES string of the molecule is Cc1cccc(-c2[nH]ncc2-c2ccc3nccc(C(=O)OC4CCC(N)CC4)c3c2)n1. The van der Waals surface area contributed by atoms with Gasteiger partial charge in [0.25, 0.3) is 0 Å². The van der Waals surface area contributed by atoms with Gasteiger partial charge in [0.05, 0.1) is 28.7 Å². The number of aryl methyl sites for hydroxylation is 1. The van der Waals surface area contributed by atoms with Crippen molar-refractivity contribution >= 4 is 16.9 Å². The maximum absolute atomic E-state index is 13.0. The lowest BCUT2D eigenvalue weighted by Crippen LogP contribution is -2.31. The van der Waals surface area contributed by atoms with Crippen LogP contribution in [0.1, 0.15) is 41.7 Å². The number of esters is 1. The number of fused-ring (bicyclic) bond motifs is 1. The van der Waals surface area contributed by atoms with E-state index in [0.29, 0.717) is 5.56 Å². The summed E-state index contributed by atoms with van der Waals surface area (Å²) in [7, 11) is 0. The van der Waals surface area contributed by atoms with E-state index in [1.165, 1.54) is 0 Å². The average molecular weight is 428 g/mol. The van der Waals surface area contributed by atoms with Gasteiger partial charge in [-0.3, -0.25) is 15.1 Å². The normalized spacial score (nSPS) is 18.6. The number of aromatic amines is 1. The van der Waals surface area contributed by atoms with Crippen LogP contribution in [0.15, 0.2) is 54.9 Å². The van der Waals surface area contributed by atoms with E-state index in [2.05, 4.69) is 20.2 Å². The van der Waals surface area contributed by atoms with E-state index in [9.17, 15) is 4.79 Å². The van der Waals surface area contributed by atoms with E-state index in [4.69, 9.17) is 10.5 Å². The molecule has 0 saturated heterocycles. The highest BCUT2D eigenvalue weighted by Gasteiger charge is 2.23. The number of carbonyl (C=O) groups is 1. The molecule has 0 unspecified atom stereocenters. The monoisotopic (exact) mass is 427 g/mol. The quantitative estimate of drug-likeness (QED) is 0.467. The summed E-state index contributed by atoms with van der Waals surface area (Å²) in [5.74, 6) is -0.317. The summed E-state index contributed by atoms with van der Waals surface area (Å²) < 4.78 is 5.82. The van der Waals surface area contributed by atoms with Crippen LogP contribution in [0.5, 0.6) is 0 Å². The number of nitrogens with zero attached hydrogens (tertiary/aromatic N) is 3. The molecule has 3 N–H and O–H groups in total. The summed E-state index contributed by atoms with van der Waals surface area (Å²) >= 11 is 0. The summed E-state index contributed by atoms with van der Waals surface area (Å²) in [5.41, 5.74) is 11.7. The third-order valence-corrected chi connectivity index (χ3v) is 6.05. The molecule has 3 aromatic heterocycles. The molecule has 1 aromatic carbocycles. The van der Waals surface area contributed by atoms with Gasteiger partial charge in [0.15, 0.2) is 0 Å². The Kier molecular flexibility index (Phi) is 5.41. The highest BCUT2D eigenvalue weighted by molar-refractivity contribution is 6.04. The van der Waals surface area contributed by atoms with Crippen LogP contribution in [0.2, 0.25) is 0 Å². The number of nitrogens with one attached hydrogen (secondary N) is 1. The van der Waals surface area contributed by atoms with Gasteiger partial charge in [0.1, 0.15) is 6.10 Å². The molecular weight excluding hydrogens is 402 g/mol. The first-order valence-electron chi connectivity index (χ1n) is 10.9. The maximum Gasteiger partial charge on any atom is 0.339 e. The standard InChI is InChI=1S/C25H25N5O2/c1-15-3-2-4-23(29-15)24-21(14-28-30-24)16-5-10-22-20(13-16)19(11-12-27-22)25(31)32-18-8-6-17(26)7-9-18/h2-5,10-14,17-18H,6-9,26H2,1H3,(H,28,30). The van der Waals surface area contributed by atoms with Gasteiger partial charge in [-0.2, -0.15) is 5.10 Å². The largest absolute Gasteiger partial charge is 0.459 e. The van der Waals surface area contributed by atoms with Crippen molar-refractivity contribution in [1.82, 2.24) is 20.2 Å². The molecule has 1 aliphatic rings. The number of benzene rings is 1. The predicted octanol–water partition coefficient (Wildman–Crippen LogP) is 4.42. The van der Waals surface area contributed by atoms with Gasteiger partial charge in [-0.1, -0.05) is 12.1 Å². The fraction of sp³-hybridized carbons (Fsp3) is 0.280. The zero-order valence-electron chi connectivity index (χ0n) is 17.9. The van der Waals surface area contributed by atoms with Crippen LogP contribution in [0, 0.1) is 6.92 Å². The van der Waals surface area contributed by atoms with Crippen molar-refractivity contribution in [2.45, 2.75) is 44.8 Å². The number of hydrogen-bond acceptors (Lipinski definition) is 6. The lowest BCUT2D eigenvalue weighted by molar-refractivity contribution is 0.0199. The number of rotatable bonds is 4. The molecule has 7 nitrogen and oxygen atoms in total. The molecule has 0 amide bonds.